The van der Waals surface area contributed by atoms with Crippen molar-refractivity contribution in [2.24, 2.45) is 0 Å². The molecule has 7 nitrogen and oxygen atoms in total. The second-order valence-electron chi connectivity index (χ2n) is 6.46. The van der Waals surface area contributed by atoms with Gasteiger partial charge in [0.05, 0.1) is 17.4 Å². The van der Waals surface area contributed by atoms with Gasteiger partial charge in [-0.15, -0.1) is 11.8 Å². The van der Waals surface area contributed by atoms with Crippen molar-refractivity contribution in [3.05, 3.63) is 53.6 Å². The summed E-state index contributed by atoms with van der Waals surface area (Å²) in [6.45, 7) is 3.09. The molecule has 0 saturated carbocycles. The average molecular weight is 415 g/mol. The summed E-state index contributed by atoms with van der Waals surface area (Å²) < 4.78 is 15.8. The van der Waals surface area contributed by atoms with E-state index >= 15 is 0 Å². The lowest BCUT2D eigenvalue weighted by atomic mass is 10.1. The molecule has 0 aliphatic carbocycles. The molecule has 1 amide bonds. The topological polar surface area (TPSA) is 90.9 Å². The van der Waals surface area contributed by atoms with Gasteiger partial charge in [0.2, 0.25) is 6.79 Å². The highest BCUT2D eigenvalue weighted by Gasteiger charge is 2.18. The molecule has 2 aromatic rings. The third-order valence-electron chi connectivity index (χ3n) is 4.15. The lowest BCUT2D eigenvalue weighted by Gasteiger charge is -2.15. The molecule has 0 fully saturated rings. The highest BCUT2D eigenvalue weighted by atomic mass is 32.2. The number of carbonyl (C=O) groups excluding carboxylic acids is 3. The van der Waals surface area contributed by atoms with Crippen molar-refractivity contribution in [2.75, 3.05) is 19.2 Å². The number of fused-ring (bicyclic) bond motifs is 1. The number of rotatable bonds is 8. The van der Waals surface area contributed by atoms with Gasteiger partial charge in [-0.1, -0.05) is 18.2 Å². The zero-order valence-corrected chi connectivity index (χ0v) is 16.9. The van der Waals surface area contributed by atoms with E-state index in [0.29, 0.717) is 22.0 Å². The van der Waals surface area contributed by atoms with Crippen molar-refractivity contribution in [3.63, 3.8) is 0 Å². The molecule has 152 valence electrons. The van der Waals surface area contributed by atoms with Crippen LogP contribution in [0.3, 0.4) is 0 Å². The third-order valence-corrected chi connectivity index (χ3v) is 5.36. The lowest BCUT2D eigenvalue weighted by Crippen LogP contribution is -2.31. The summed E-state index contributed by atoms with van der Waals surface area (Å²) in [6.07, 6.45) is 0. The average Bonchev–Trinajstić information content (AvgIpc) is 3.18. The summed E-state index contributed by atoms with van der Waals surface area (Å²) >= 11 is 1.26. The SMILES string of the molecule is CC(=O)CSc1ccccc1C(=O)OCC(=O)N[C@@H](C)c1ccc2c(c1)OCO2. The van der Waals surface area contributed by atoms with Gasteiger partial charge in [0.25, 0.3) is 5.91 Å². The van der Waals surface area contributed by atoms with Crippen LogP contribution in [0, 0.1) is 0 Å². The van der Waals surface area contributed by atoms with Crippen LogP contribution >= 0.6 is 11.8 Å². The molecule has 1 N–H and O–H groups in total. The lowest BCUT2D eigenvalue weighted by molar-refractivity contribution is -0.124. The number of Topliss-reactive ketones (excluding diaryl/α,β-unsaturated/α-hetero) is 1. The second-order valence-corrected chi connectivity index (χ2v) is 7.48. The van der Waals surface area contributed by atoms with Crippen molar-refractivity contribution in [1.82, 2.24) is 5.32 Å². The van der Waals surface area contributed by atoms with E-state index in [1.165, 1.54) is 18.7 Å². The molecule has 0 aromatic heterocycles. The minimum absolute atomic E-state index is 0.00931. The zero-order chi connectivity index (χ0) is 20.8. The molecule has 0 spiro atoms. The maximum Gasteiger partial charge on any atom is 0.339 e. The largest absolute Gasteiger partial charge is 0.454 e. The van der Waals surface area contributed by atoms with Crippen molar-refractivity contribution < 1.29 is 28.6 Å². The molecule has 0 bridgehead atoms. The molecule has 2 aromatic carbocycles. The van der Waals surface area contributed by atoms with Gasteiger partial charge in [-0.25, -0.2) is 4.79 Å². The van der Waals surface area contributed by atoms with Crippen molar-refractivity contribution in [1.29, 1.82) is 0 Å². The van der Waals surface area contributed by atoms with Crippen LogP contribution in [0.25, 0.3) is 0 Å². The number of thioether (sulfide) groups is 1. The van der Waals surface area contributed by atoms with Crippen LogP contribution in [0.1, 0.15) is 35.8 Å². The van der Waals surface area contributed by atoms with Gasteiger partial charge in [0.15, 0.2) is 18.1 Å². The Morgan fingerprint density at radius 1 is 1.14 bits per heavy atom. The van der Waals surface area contributed by atoms with Crippen LogP contribution in [-0.2, 0) is 14.3 Å². The fourth-order valence-electron chi connectivity index (χ4n) is 2.70. The number of ketones is 1. The molecule has 1 aliphatic rings. The maximum absolute atomic E-state index is 12.4. The Hall–Kier alpha value is -3.00. The van der Waals surface area contributed by atoms with Gasteiger partial charge in [-0.05, 0) is 43.7 Å². The van der Waals surface area contributed by atoms with Crippen LogP contribution in [0.15, 0.2) is 47.4 Å². The third kappa shape index (κ3) is 5.51. The molecule has 8 heteroatoms. The van der Waals surface area contributed by atoms with Crippen LogP contribution in [0.2, 0.25) is 0 Å². The first-order valence-electron chi connectivity index (χ1n) is 9.01. The van der Waals surface area contributed by atoms with E-state index in [4.69, 9.17) is 14.2 Å². The molecule has 0 unspecified atom stereocenters. The van der Waals surface area contributed by atoms with E-state index in [2.05, 4.69) is 5.32 Å². The predicted molar refractivity (Wildman–Crippen MR) is 107 cm³/mol. The predicted octanol–water partition coefficient (Wildman–Crippen LogP) is 3.13. The first-order valence-corrected chi connectivity index (χ1v) is 10.00. The number of ether oxygens (including phenoxy) is 3. The maximum atomic E-state index is 12.4. The summed E-state index contributed by atoms with van der Waals surface area (Å²) in [6, 6.07) is 12.0. The monoisotopic (exact) mass is 415 g/mol. The molecule has 0 saturated heterocycles. The van der Waals surface area contributed by atoms with E-state index in [1.807, 2.05) is 19.1 Å². The number of esters is 1. The van der Waals surface area contributed by atoms with Crippen molar-refractivity contribution >= 4 is 29.4 Å². The Kier molecular flexibility index (Phi) is 6.77. The Balaban J connectivity index is 1.54. The van der Waals surface area contributed by atoms with Crippen molar-refractivity contribution in [2.45, 2.75) is 24.8 Å². The molecule has 1 aliphatic heterocycles. The highest BCUT2D eigenvalue weighted by molar-refractivity contribution is 8.00. The summed E-state index contributed by atoms with van der Waals surface area (Å²) in [5, 5.41) is 2.79. The fourth-order valence-corrected chi connectivity index (χ4v) is 3.54. The second kappa shape index (κ2) is 9.47. The highest BCUT2D eigenvalue weighted by Crippen LogP contribution is 2.34. The van der Waals surface area contributed by atoms with E-state index in [9.17, 15) is 14.4 Å². The van der Waals surface area contributed by atoms with Gasteiger partial charge in [0.1, 0.15) is 5.78 Å². The van der Waals surface area contributed by atoms with Gasteiger partial charge in [-0.2, -0.15) is 0 Å². The molecule has 3 rings (SSSR count). The van der Waals surface area contributed by atoms with Crippen molar-refractivity contribution in [3.8, 4) is 11.5 Å². The van der Waals surface area contributed by atoms with E-state index in [0.717, 1.165) is 5.56 Å². The minimum atomic E-state index is -0.609. The normalized spacial score (nSPS) is 12.9. The summed E-state index contributed by atoms with van der Waals surface area (Å²) in [5.41, 5.74) is 1.18. The van der Waals surface area contributed by atoms with Gasteiger partial charge >= 0.3 is 5.97 Å². The van der Waals surface area contributed by atoms with Gasteiger partial charge in [0, 0.05) is 4.90 Å². The number of benzene rings is 2. The van der Waals surface area contributed by atoms with E-state index in [-0.39, 0.29) is 24.4 Å². The number of nitrogens with one attached hydrogen (secondary N) is 1. The van der Waals surface area contributed by atoms with Gasteiger partial charge in [-0.3, -0.25) is 9.59 Å². The fraction of sp³-hybridized carbons (Fsp3) is 0.286. The number of hydrogen-bond acceptors (Lipinski definition) is 7. The Bertz CT molecular complexity index is 929. The van der Waals surface area contributed by atoms with E-state index < -0.39 is 18.5 Å². The van der Waals surface area contributed by atoms with Gasteiger partial charge < -0.3 is 19.5 Å². The smallest absolute Gasteiger partial charge is 0.339 e. The quantitative estimate of drug-likeness (QED) is 0.523. The minimum Gasteiger partial charge on any atom is -0.454 e. The Labute approximate surface area is 172 Å². The molecule has 1 atom stereocenters. The molecular weight excluding hydrogens is 394 g/mol. The zero-order valence-electron chi connectivity index (χ0n) is 16.1. The van der Waals surface area contributed by atoms with E-state index in [1.54, 1.807) is 30.3 Å². The molecule has 29 heavy (non-hydrogen) atoms. The first-order chi connectivity index (χ1) is 13.9. The standard InChI is InChI=1S/C21H21NO6S/c1-13(23)11-29-19-6-4-3-5-16(19)21(25)26-10-20(24)22-14(2)15-7-8-17-18(9-15)28-12-27-17/h3-9,14H,10-12H2,1-2H3,(H,22,24)/t14-/m0/s1. The van der Waals surface area contributed by atoms with Crippen LogP contribution < -0.4 is 14.8 Å². The summed E-state index contributed by atoms with van der Waals surface area (Å²) in [5.74, 6) is 0.546. The Morgan fingerprint density at radius 3 is 2.69 bits per heavy atom. The summed E-state index contributed by atoms with van der Waals surface area (Å²) in [4.78, 5) is 36.4. The number of hydrogen-bond donors (Lipinski definition) is 1. The van der Waals surface area contributed by atoms with Crippen LogP contribution in [0.5, 0.6) is 11.5 Å². The molecular formula is C21H21NO6S. The molecule has 1 heterocycles. The summed E-state index contributed by atoms with van der Waals surface area (Å²) in [7, 11) is 0. The van der Waals surface area contributed by atoms with Crippen LogP contribution in [0.4, 0.5) is 0 Å². The molecule has 0 radical (unpaired) electrons. The number of carbonyl (C=O) groups is 3. The Morgan fingerprint density at radius 2 is 1.90 bits per heavy atom. The first kappa shape index (κ1) is 20.7. The van der Waals surface area contributed by atoms with Crippen LogP contribution in [-0.4, -0.2) is 36.8 Å². The number of amides is 1.